The van der Waals surface area contributed by atoms with Crippen molar-refractivity contribution in [3.8, 4) is 5.75 Å². The average Bonchev–Trinajstić information content (AvgIpc) is 2.17. The summed E-state index contributed by atoms with van der Waals surface area (Å²) in [6.45, 7) is -2.06. The van der Waals surface area contributed by atoms with Crippen LogP contribution in [0.3, 0.4) is 0 Å². The number of alkyl halides is 2. The summed E-state index contributed by atoms with van der Waals surface area (Å²) in [6.07, 6.45) is 0. The number of hydrogen-bond donors (Lipinski definition) is 1. The Morgan fingerprint density at radius 1 is 1.44 bits per heavy atom. The zero-order valence-corrected chi connectivity index (χ0v) is 9.78. The van der Waals surface area contributed by atoms with Crippen LogP contribution in [0.2, 0.25) is 0 Å². The summed E-state index contributed by atoms with van der Waals surface area (Å²) < 4.78 is 50.6. The third-order valence-corrected chi connectivity index (χ3v) is 2.81. The number of nitro benzene ring substituents is 1. The summed E-state index contributed by atoms with van der Waals surface area (Å²) in [6, 6.07) is 1.83. The second kappa shape index (κ2) is 4.82. The molecule has 7 nitrogen and oxygen atoms in total. The van der Waals surface area contributed by atoms with Gasteiger partial charge in [0.2, 0.25) is 15.8 Å². The highest BCUT2D eigenvalue weighted by Gasteiger charge is 2.28. The molecule has 2 N–H and O–H groups in total. The van der Waals surface area contributed by atoms with Gasteiger partial charge in [-0.15, -0.1) is 0 Å². The number of hydrogen-bond acceptors (Lipinski definition) is 5. The standard InChI is InChI=1S/C8H8F2N2O5S/c1-4-2-5(12(13)14)7(17-8(9)10)6(3-4)18(11,15)16/h2-3,8H,1H3,(H2,11,15,16). The summed E-state index contributed by atoms with van der Waals surface area (Å²) in [5.74, 6) is -1.07. The van der Waals surface area contributed by atoms with Crippen LogP contribution in [0, 0.1) is 17.0 Å². The monoisotopic (exact) mass is 282 g/mol. The van der Waals surface area contributed by atoms with E-state index in [1.807, 2.05) is 0 Å². The van der Waals surface area contributed by atoms with Crippen molar-refractivity contribution in [3.05, 3.63) is 27.8 Å². The van der Waals surface area contributed by atoms with Crippen LogP contribution >= 0.6 is 0 Å². The summed E-state index contributed by atoms with van der Waals surface area (Å²) in [5.41, 5.74) is -0.716. The second-order valence-electron chi connectivity index (χ2n) is 3.29. The van der Waals surface area contributed by atoms with Crippen LogP contribution in [-0.2, 0) is 10.0 Å². The van der Waals surface area contributed by atoms with Gasteiger partial charge in [-0.3, -0.25) is 10.1 Å². The third kappa shape index (κ3) is 3.11. The topological polar surface area (TPSA) is 113 Å². The lowest BCUT2D eigenvalue weighted by Gasteiger charge is -2.10. The lowest BCUT2D eigenvalue weighted by atomic mass is 10.2. The SMILES string of the molecule is Cc1cc([N+](=O)[O-])c(OC(F)F)c(S(N)(=O)=O)c1. The van der Waals surface area contributed by atoms with Gasteiger partial charge in [0.1, 0.15) is 4.90 Å². The first-order chi connectivity index (χ1) is 8.12. The molecule has 18 heavy (non-hydrogen) atoms. The minimum Gasteiger partial charge on any atom is -0.426 e. The number of rotatable bonds is 4. The third-order valence-electron chi connectivity index (χ3n) is 1.89. The number of nitrogens with two attached hydrogens (primary N) is 1. The highest BCUT2D eigenvalue weighted by molar-refractivity contribution is 7.89. The van der Waals surface area contributed by atoms with Gasteiger partial charge in [-0.05, 0) is 18.6 Å². The molecule has 0 spiro atoms. The van der Waals surface area contributed by atoms with Crippen LogP contribution in [-0.4, -0.2) is 20.0 Å². The lowest BCUT2D eigenvalue weighted by Crippen LogP contribution is -2.16. The van der Waals surface area contributed by atoms with Gasteiger partial charge in [0, 0.05) is 6.07 Å². The first kappa shape index (κ1) is 14.3. The molecule has 0 aliphatic rings. The Labute approximate surface area is 100 Å². The number of sulfonamides is 1. The number of nitro groups is 1. The number of halogens is 2. The molecule has 0 bridgehead atoms. The average molecular weight is 282 g/mol. The van der Waals surface area contributed by atoms with Gasteiger partial charge in [-0.1, -0.05) is 0 Å². The molecule has 0 saturated heterocycles. The van der Waals surface area contributed by atoms with Crippen molar-refractivity contribution in [1.29, 1.82) is 0 Å². The number of aryl methyl sites for hydroxylation is 1. The molecule has 1 aromatic rings. The van der Waals surface area contributed by atoms with Crippen LogP contribution in [0.4, 0.5) is 14.5 Å². The van der Waals surface area contributed by atoms with E-state index >= 15 is 0 Å². The van der Waals surface area contributed by atoms with Crippen molar-refractivity contribution in [3.63, 3.8) is 0 Å². The molecule has 0 atom stereocenters. The molecule has 0 aliphatic heterocycles. The lowest BCUT2D eigenvalue weighted by molar-refractivity contribution is -0.386. The largest absolute Gasteiger partial charge is 0.426 e. The highest BCUT2D eigenvalue weighted by Crippen LogP contribution is 2.35. The van der Waals surface area contributed by atoms with Gasteiger partial charge in [-0.25, -0.2) is 13.6 Å². The van der Waals surface area contributed by atoms with E-state index in [-0.39, 0.29) is 5.56 Å². The number of nitrogens with zero attached hydrogens (tertiary/aromatic N) is 1. The Kier molecular flexibility index (Phi) is 3.82. The van der Waals surface area contributed by atoms with Gasteiger partial charge >= 0.3 is 12.3 Å². The molecular weight excluding hydrogens is 274 g/mol. The van der Waals surface area contributed by atoms with Gasteiger partial charge in [0.15, 0.2) is 0 Å². The van der Waals surface area contributed by atoms with E-state index in [1.54, 1.807) is 0 Å². The molecule has 0 aliphatic carbocycles. The Bertz CT molecular complexity index is 587. The highest BCUT2D eigenvalue weighted by atomic mass is 32.2. The van der Waals surface area contributed by atoms with Gasteiger partial charge in [0.25, 0.3) is 0 Å². The predicted molar refractivity (Wildman–Crippen MR) is 55.8 cm³/mol. The van der Waals surface area contributed by atoms with E-state index in [2.05, 4.69) is 4.74 Å². The predicted octanol–water partition coefficient (Wildman–Crippen LogP) is 1.15. The molecule has 1 rings (SSSR count). The molecule has 100 valence electrons. The van der Waals surface area contributed by atoms with Crippen molar-refractivity contribution >= 4 is 15.7 Å². The first-order valence-electron chi connectivity index (χ1n) is 4.39. The zero-order valence-electron chi connectivity index (χ0n) is 8.96. The van der Waals surface area contributed by atoms with E-state index in [1.165, 1.54) is 6.92 Å². The van der Waals surface area contributed by atoms with Crippen molar-refractivity contribution in [2.75, 3.05) is 0 Å². The molecular formula is C8H8F2N2O5S. The summed E-state index contributed by atoms with van der Waals surface area (Å²) >= 11 is 0. The Hall–Kier alpha value is -1.81. The Balaban J connectivity index is 3.63. The minimum atomic E-state index is -4.42. The normalized spacial score (nSPS) is 11.6. The molecule has 0 aromatic heterocycles. The molecule has 0 amide bonds. The van der Waals surface area contributed by atoms with E-state index in [4.69, 9.17) is 5.14 Å². The number of primary sulfonamides is 1. The quantitative estimate of drug-likeness (QED) is 0.657. The summed E-state index contributed by atoms with van der Waals surface area (Å²) in [5, 5.41) is 15.5. The van der Waals surface area contributed by atoms with Crippen molar-refractivity contribution in [2.45, 2.75) is 18.4 Å². The van der Waals surface area contributed by atoms with Crippen molar-refractivity contribution in [1.82, 2.24) is 0 Å². The van der Waals surface area contributed by atoms with Crippen molar-refractivity contribution < 1.29 is 26.9 Å². The summed E-state index contributed by atoms with van der Waals surface area (Å²) in [4.78, 5) is 8.80. The fourth-order valence-corrected chi connectivity index (χ4v) is 2.04. The van der Waals surface area contributed by atoms with Crippen LogP contribution in [0.25, 0.3) is 0 Å². The fourth-order valence-electron chi connectivity index (χ4n) is 1.28. The van der Waals surface area contributed by atoms with Gasteiger partial charge in [-0.2, -0.15) is 8.78 Å². The molecule has 0 saturated carbocycles. The molecule has 0 radical (unpaired) electrons. The smallest absolute Gasteiger partial charge is 0.387 e. The molecule has 10 heteroatoms. The summed E-state index contributed by atoms with van der Waals surface area (Å²) in [7, 11) is -4.42. The van der Waals surface area contributed by atoms with E-state index in [0.29, 0.717) is 0 Å². The van der Waals surface area contributed by atoms with E-state index in [0.717, 1.165) is 12.1 Å². The van der Waals surface area contributed by atoms with Crippen LogP contribution in [0.1, 0.15) is 5.56 Å². The van der Waals surface area contributed by atoms with Crippen molar-refractivity contribution in [2.24, 2.45) is 5.14 Å². The molecule has 1 aromatic carbocycles. The van der Waals surface area contributed by atoms with Crippen LogP contribution in [0.5, 0.6) is 5.75 Å². The van der Waals surface area contributed by atoms with E-state index in [9.17, 15) is 27.3 Å². The van der Waals surface area contributed by atoms with Crippen LogP contribution < -0.4 is 9.88 Å². The van der Waals surface area contributed by atoms with Gasteiger partial charge in [0.05, 0.1) is 4.92 Å². The van der Waals surface area contributed by atoms with E-state index < -0.39 is 37.9 Å². The van der Waals surface area contributed by atoms with Crippen LogP contribution in [0.15, 0.2) is 17.0 Å². The number of benzene rings is 1. The Morgan fingerprint density at radius 2 is 2.00 bits per heavy atom. The first-order valence-corrected chi connectivity index (χ1v) is 5.94. The Morgan fingerprint density at radius 3 is 2.39 bits per heavy atom. The minimum absolute atomic E-state index is 0.173. The molecule has 0 fully saturated rings. The molecule has 0 heterocycles. The number of ether oxygens (including phenoxy) is 1. The zero-order chi connectivity index (χ0) is 14.1. The fraction of sp³-hybridized carbons (Fsp3) is 0.250. The maximum Gasteiger partial charge on any atom is 0.387 e. The van der Waals surface area contributed by atoms with Gasteiger partial charge < -0.3 is 4.74 Å². The maximum atomic E-state index is 12.2. The molecule has 0 unspecified atom stereocenters. The maximum absolute atomic E-state index is 12.2. The second-order valence-corrected chi connectivity index (χ2v) is 4.82.